The van der Waals surface area contributed by atoms with E-state index in [0.29, 0.717) is 7.88 Å². The van der Waals surface area contributed by atoms with Crippen LogP contribution in [0.3, 0.4) is 0 Å². The summed E-state index contributed by atoms with van der Waals surface area (Å²) in [6.07, 6.45) is -0.271. The van der Waals surface area contributed by atoms with Crippen LogP contribution in [0.2, 0.25) is 0 Å². The monoisotopic (exact) mass is 617 g/mol. The molecule has 0 aliphatic rings. The fraction of sp³-hybridized carbons (Fsp3) is 0.182. The molecule has 3 rings (SSSR count). The average molecular weight is 617 g/mol. The molecule has 0 aliphatic heterocycles. The zero-order valence-electron chi connectivity index (χ0n) is 18.7. The Kier molecular flexibility index (Phi) is 7.81. The summed E-state index contributed by atoms with van der Waals surface area (Å²) in [5.74, 6) is -2.41. The molecule has 3 aromatic rings. The van der Waals surface area contributed by atoms with Gasteiger partial charge < -0.3 is 11.1 Å². The molecule has 0 atom stereocenters. The van der Waals surface area contributed by atoms with Gasteiger partial charge in [-0.2, -0.15) is 8.42 Å². The van der Waals surface area contributed by atoms with Crippen molar-refractivity contribution in [2.24, 2.45) is 17.9 Å². The van der Waals surface area contributed by atoms with Crippen LogP contribution in [0.1, 0.15) is 28.4 Å². The van der Waals surface area contributed by atoms with Crippen LogP contribution in [0.15, 0.2) is 47.3 Å². The number of benzene rings is 2. The van der Waals surface area contributed by atoms with Crippen LogP contribution in [-0.4, -0.2) is 25.4 Å². The molecular weight excluding hydrogens is 595 g/mol. The Labute approximate surface area is 214 Å². The molecular formula is C22H22F2IN5O4S. The van der Waals surface area contributed by atoms with Gasteiger partial charge in [0.05, 0.1) is 16.9 Å². The Hall–Kier alpha value is -3.04. The average Bonchev–Trinajstić information content (AvgIpc) is 2.76. The number of primary amides is 1. The summed E-state index contributed by atoms with van der Waals surface area (Å²) in [4.78, 5) is 25.3. The fourth-order valence-corrected chi connectivity index (χ4v) is 4.80. The first-order valence-electron chi connectivity index (χ1n) is 10.2. The summed E-state index contributed by atoms with van der Waals surface area (Å²) >= 11 is 1.94. The van der Waals surface area contributed by atoms with Crippen molar-refractivity contribution in [3.05, 3.63) is 84.7 Å². The van der Waals surface area contributed by atoms with Gasteiger partial charge in [0.25, 0.3) is 21.7 Å². The molecule has 1 aromatic heterocycles. The third-order valence-electron chi connectivity index (χ3n) is 5.24. The van der Waals surface area contributed by atoms with E-state index in [1.165, 1.54) is 50.4 Å². The Morgan fingerprint density at radius 2 is 1.86 bits per heavy atom. The number of rotatable bonds is 8. The lowest BCUT2D eigenvalue weighted by molar-refractivity contribution is 0.100. The number of nitrogens with zero attached hydrogens (tertiary/aromatic N) is 2. The van der Waals surface area contributed by atoms with Gasteiger partial charge in [-0.05, 0) is 65.4 Å². The van der Waals surface area contributed by atoms with E-state index in [4.69, 9.17) is 10.9 Å². The van der Waals surface area contributed by atoms with Crippen LogP contribution in [-0.2, 0) is 23.7 Å². The minimum absolute atomic E-state index is 0.00140. The number of halogens is 3. The number of hydrogen-bond donors (Lipinski definition) is 3. The first-order valence-corrected chi connectivity index (χ1v) is 12.8. The van der Waals surface area contributed by atoms with Crippen molar-refractivity contribution in [3.63, 3.8) is 0 Å². The number of carbonyl (C=O) groups excluding carboxylic acids is 1. The van der Waals surface area contributed by atoms with E-state index in [2.05, 4.69) is 5.32 Å². The molecule has 0 saturated carbocycles. The first kappa shape index (κ1) is 26.6. The van der Waals surface area contributed by atoms with E-state index >= 15 is 4.39 Å². The maximum Gasteiger partial charge on any atom is 0.299 e. The predicted molar refractivity (Wildman–Crippen MR) is 138 cm³/mol. The second-order valence-corrected chi connectivity index (χ2v) is 10.3. The number of aromatic nitrogens is 1. The molecule has 5 N–H and O–H groups in total. The smallest absolute Gasteiger partial charge is 0.299 e. The highest BCUT2D eigenvalue weighted by Crippen LogP contribution is 2.27. The molecule has 1 amide bonds. The molecule has 13 heteroatoms. The standard InChI is InChI=1S/C22H22F2IN5O4S/c1-3-30(35(27,33)34)18-6-4-5-12(19(18)24)9-13-10-15(20(26)31)21(29(2)22(13)32)28-17-8-7-14(25)11-16(17)23/h4-8,10-11,28H,3,9H2,1-2H3,(H2,26,31)(H2,27,33,34). The number of amides is 1. The quantitative estimate of drug-likeness (QED) is 0.334. The van der Waals surface area contributed by atoms with Crippen molar-refractivity contribution in [3.8, 4) is 0 Å². The Morgan fingerprint density at radius 3 is 2.43 bits per heavy atom. The minimum atomic E-state index is -4.23. The summed E-state index contributed by atoms with van der Waals surface area (Å²) < 4.78 is 55.7. The van der Waals surface area contributed by atoms with Crippen LogP contribution >= 0.6 is 22.6 Å². The van der Waals surface area contributed by atoms with Crippen LogP contribution in [0, 0.1) is 15.2 Å². The molecule has 0 bridgehead atoms. The van der Waals surface area contributed by atoms with Crippen molar-refractivity contribution in [1.82, 2.24) is 4.57 Å². The van der Waals surface area contributed by atoms with E-state index in [0.717, 1.165) is 4.57 Å². The van der Waals surface area contributed by atoms with E-state index in [1.807, 2.05) is 22.6 Å². The van der Waals surface area contributed by atoms with Gasteiger partial charge in [0, 0.05) is 29.1 Å². The van der Waals surface area contributed by atoms with E-state index in [1.54, 1.807) is 6.07 Å². The minimum Gasteiger partial charge on any atom is -0.365 e. The SMILES string of the molecule is CCN(c1cccc(Cc2cc(C(N)=O)c(Nc3ccc(I)cc3F)n(C)c2=O)c1F)S(N)(=O)=O. The summed E-state index contributed by atoms with van der Waals surface area (Å²) in [6.45, 7) is 1.38. The van der Waals surface area contributed by atoms with Crippen molar-refractivity contribution in [1.29, 1.82) is 0 Å². The van der Waals surface area contributed by atoms with Gasteiger partial charge in [0.1, 0.15) is 11.6 Å². The molecule has 2 aromatic carbocycles. The van der Waals surface area contributed by atoms with Gasteiger partial charge >= 0.3 is 0 Å². The number of nitrogens with two attached hydrogens (primary N) is 2. The highest BCUT2D eigenvalue weighted by molar-refractivity contribution is 14.1. The normalized spacial score (nSPS) is 11.4. The molecule has 0 unspecified atom stereocenters. The van der Waals surface area contributed by atoms with Crippen molar-refractivity contribution in [2.45, 2.75) is 13.3 Å². The van der Waals surface area contributed by atoms with Gasteiger partial charge in [0.15, 0.2) is 5.82 Å². The van der Waals surface area contributed by atoms with Crippen LogP contribution in [0.25, 0.3) is 0 Å². The zero-order valence-corrected chi connectivity index (χ0v) is 21.7. The summed E-state index contributed by atoms with van der Waals surface area (Å²) in [7, 11) is -2.87. The molecule has 35 heavy (non-hydrogen) atoms. The van der Waals surface area contributed by atoms with E-state index < -0.39 is 33.3 Å². The number of carbonyl (C=O) groups is 1. The highest BCUT2D eigenvalue weighted by Gasteiger charge is 2.23. The number of pyridine rings is 1. The lowest BCUT2D eigenvalue weighted by Crippen LogP contribution is -2.37. The summed E-state index contributed by atoms with van der Waals surface area (Å²) in [5.41, 5.74) is 4.59. The zero-order chi connectivity index (χ0) is 26.1. The summed E-state index contributed by atoms with van der Waals surface area (Å²) in [6, 6.07) is 9.63. The van der Waals surface area contributed by atoms with Gasteiger partial charge in [-0.1, -0.05) is 12.1 Å². The highest BCUT2D eigenvalue weighted by atomic mass is 127. The van der Waals surface area contributed by atoms with Crippen LogP contribution in [0.5, 0.6) is 0 Å². The van der Waals surface area contributed by atoms with E-state index in [-0.39, 0.29) is 46.8 Å². The topological polar surface area (TPSA) is 141 Å². The van der Waals surface area contributed by atoms with E-state index in [9.17, 15) is 22.4 Å². The largest absolute Gasteiger partial charge is 0.365 e. The Morgan fingerprint density at radius 1 is 1.17 bits per heavy atom. The molecule has 0 saturated heterocycles. The number of anilines is 3. The second-order valence-electron chi connectivity index (χ2n) is 7.55. The first-order chi connectivity index (χ1) is 16.3. The second kappa shape index (κ2) is 10.3. The molecule has 186 valence electrons. The summed E-state index contributed by atoms with van der Waals surface area (Å²) in [5, 5.41) is 7.91. The maximum atomic E-state index is 15.2. The molecule has 0 radical (unpaired) electrons. The molecule has 0 spiro atoms. The number of nitrogens with one attached hydrogen (secondary N) is 1. The van der Waals surface area contributed by atoms with Gasteiger partial charge in [-0.15, -0.1) is 0 Å². The van der Waals surface area contributed by atoms with Crippen molar-refractivity contribution in [2.75, 3.05) is 16.2 Å². The van der Waals surface area contributed by atoms with Crippen molar-refractivity contribution < 1.29 is 22.0 Å². The van der Waals surface area contributed by atoms with Crippen LogP contribution < -0.4 is 26.1 Å². The lowest BCUT2D eigenvalue weighted by atomic mass is 10.0. The van der Waals surface area contributed by atoms with Crippen LogP contribution in [0.4, 0.5) is 26.0 Å². The van der Waals surface area contributed by atoms with Gasteiger partial charge in [-0.3, -0.25) is 18.5 Å². The fourth-order valence-electron chi connectivity index (χ4n) is 3.57. The number of hydrogen-bond acceptors (Lipinski definition) is 5. The Balaban J connectivity index is 2.09. The van der Waals surface area contributed by atoms with Gasteiger partial charge in [0.2, 0.25) is 0 Å². The Bertz CT molecular complexity index is 1480. The molecule has 1 heterocycles. The maximum absolute atomic E-state index is 15.2. The lowest BCUT2D eigenvalue weighted by Gasteiger charge is -2.21. The third-order valence-corrected chi connectivity index (χ3v) is 6.98. The van der Waals surface area contributed by atoms with Gasteiger partial charge in [-0.25, -0.2) is 13.9 Å². The predicted octanol–water partition coefficient (Wildman–Crippen LogP) is 2.73. The third kappa shape index (κ3) is 5.62. The van der Waals surface area contributed by atoms with Crippen molar-refractivity contribution >= 4 is 55.9 Å². The molecule has 9 nitrogen and oxygen atoms in total. The molecule has 0 aliphatic carbocycles. The molecule has 0 fully saturated rings.